The molecule has 2 N–H and O–H groups in total. The van der Waals surface area contributed by atoms with E-state index < -0.39 is 0 Å². The number of amides is 3. The van der Waals surface area contributed by atoms with Crippen LogP contribution in [-0.4, -0.2) is 30.4 Å². The summed E-state index contributed by atoms with van der Waals surface area (Å²) in [5.41, 5.74) is 1.71. The van der Waals surface area contributed by atoms with Gasteiger partial charge in [0.05, 0.1) is 6.10 Å². The molecule has 0 aromatic heterocycles. The van der Waals surface area contributed by atoms with Crippen molar-refractivity contribution in [3.8, 4) is 5.75 Å². The zero-order valence-electron chi connectivity index (χ0n) is 16.5. The SMILES string of the molecule is CC(=O)Nc1cccc(NC(=O)CN(C(C)=O)c2ccc(OC(C)C)cc2)c1. The fourth-order valence-electron chi connectivity index (χ4n) is 2.58. The van der Waals surface area contributed by atoms with Crippen molar-refractivity contribution >= 4 is 34.8 Å². The van der Waals surface area contributed by atoms with Crippen molar-refractivity contribution in [1.82, 2.24) is 0 Å². The van der Waals surface area contributed by atoms with Crippen LogP contribution in [0.1, 0.15) is 27.7 Å². The normalized spacial score (nSPS) is 10.3. The molecule has 0 bridgehead atoms. The molecule has 0 saturated carbocycles. The molecule has 7 nitrogen and oxygen atoms in total. The monoisotopic (exact) mass is 383 g/mol. The van der Waals surface area contributed by atoms with Crippen molar-refractivity contribution in [2.45, 2.75) is 33.8 Å². The number of anilines is 3. The number of carbonyl (C=O) groups excluding carboxylic acids is 3. The molecular formula is C21H25N3O4. The number of hydrogen-bond donors (Lipinski definition) is 2. The van der Waals surface area contributed by atoms with Crippen LogP contribution in [0.5, 0.6) is 5.75 Å². The Labute approximate surface area is 164 Å². The Hall–Kier alpha value is -3.35. The van der Waals surface area contributed by atoms with Crippen LogP contribution < -0.4 is 20.3 Å². The van der Waals surface area contributed by atoms with Gasteiger partial charge in [-0.15, -0.1) is 0 Å². The maximum absolute atomic E-state index is 12.4. The fourth-order valence-corrected chi connectivity index (χ4v) is 2.58. The third kappa shape index (κ3) is 6.42. The molecule has 2 rings (SSSR count). The van der Waals surface area contributed by atoms with Crippen LogP contribution in [0.15, 0.2) is 48.5 Å². The minimum absolute atomic E-state index is 0.0498. The summed E-state index contributed by atoms with van der Waals surface area (Å²) in [6.07, 6.45) is 0.0498. The lowest BCUT2D eigenvalue weighted by Crippen LogP contribution is -2.36. The van der Waals surface area contributed by atoms with Gasteiger partial charge in [0.1, 0.15) is 12.3 Å². The molecule has 0 spiro atoms. The van der Waals surface area contributed by atoms with Crippen LogP contribution in [0.4, 0.5) is 17.1 Å². The Balaban J connectivity index is 2.06. The minimum atomic E-state index is -0.349. The number of nitrogens with one attached hydrogen (secondary N) is 2. The molecule has 0 saturated heterocycles. The molecule has 0 aliphatic rings. The summed E-state index contributed by atoms with van der Waals surface area (Å²) in [6.45, 7) is 6.54. The molecule has 3 amide bonds. The van der Waals surface area contributed by atoms with E-state index in [1.54, 1.807) is 48.5 Å². The van der Waals surface area contributed by atoms with Crippen LogP contribution in [-0.2, 0) is 14.4 Å². The van der Waals surface area contributed by atoms with E-state index >= 15 is 0 Å². The lowest BCUT2D eigenvalue weighted by Gasteiger charge is -2.21. The average molecular weight is 383 g/mol. The largest absolute Gasteiger partial charge is 0.491 e. The minimum Gasteiger partial charge on any atom is -0.491 e. The quantitative estimate of drug-likeness (QED) is 0.767. The lowest BCUT2D eigenvalue weighted by atomic mass is 10.2. The van der Waals surface area contributed by atoms with E-state index in [1.165, 1.54) is 18.7 Å². The third-order valence-electron chi connectivity index (χ3n) is 3.67. The molecule has 0 aliphatic heterocycles. The second-order valence-electron chi connectivity index (χ2n) is 6.58. The van der Waals surface area contributed by atoms with E-state index in [0.29, 0.717) is 22.8 Å². The number of nitrogens with zero attached hydrogens (tertiary/aromatic N) is 1. The standard InChI is InChI=1S/C21H25N3O4/c1-14(2)28-20-10-8-19(9-11-20)24(16(4)26)13-21(27)23-18-7-5-6-17(12-18)22-15(3)25/h5-12,14H,13H2,1-4H3,(H,22,25)(H,23,27). The topological polar surface area (TPSA) is 87.7 Å². The number of ether oxygens (including phenoxy) is 1. The first-order valence-electron chi connectivity index (χ1n) is 8.97. The van der Waals surface area contributed by atoms with E-state index in [1.807, 2.05) is 13.8 Å². The summed E-state index contributed by atoms with van der Waals surface area (Å²) in [5, 5.41) is 5.39. The Morgan fingerprint density at radius 1 is 0.964 bits per heavy atom. The Bertz CT molecular complexity index is 847. The molecule has 148 valence electrons. The van der Waals surface area contributed by atoms with Crippen molar-refractivity contribution in [3.05, 3.63) is 48.5 Å². The smallest absolute Gasteiger partial charge is 0.244 e. The highest BCUT2D eigenvalue weighted by Gasteiger charge is 2.16. The van der Waals surface area contributed by atoms with Gasteiger partial charge in [0, 0.05) is 30.9 Å². The molecule has 0 heterocycles. The van der Waals surface area contributed by atoms with Crippen LogP contribution in [0.3, 0.4) is 0 Å². The van der Waals surface area contributed by atoms with Gasteiger partial charge in [0.25, 0.3) is 0 Å². The van der Waals surface area contributed by atoms with Crippen molar-refractivity contribution in [3.63, 3.8) is 0 Å². The zero-order chi connectivity index (χ0) is 20.7. The van der Waals surface area contributed by atoms with Gasteiger partial charge in [0.15, 0.2) is 0 Å². The molecule has 2 aromatic carbocycles. The highest BCUT2D eigenvalue weighted by Crippen LogP contribution is 2.21. The summed E-state index contributed by atoms with van der Waals surface area (Å²) in [4.78, 5) is 37.0. The molecule has 0 fully saturated rings. The summed E-state index contributed by atoms with van der Waals surface area (Å²) in [6, 6.07) is 13.8. The molecule has 2 aromatic rings. The first-order valence-corrected chi connectivity index (χ1v) is 8.97. The summed E-state index contributed by atoms with van der Waals surface area (Å²) in [5.74, 6) is -0.102. The van der Waals surface area contributed by atoms with Gasteiger partial charge in [-0.25, -0.2) is 0 Å². The van der Waals surface area contributed by atoms with Gasteiger partial charge in [-0.2, -0.15) is 0 Å². The lowest BCUT2D eigenvalue weighted by molar-refractivity contribution is -0.120. The van der Waals surface area contributed by atoms with Gasteiger partial charge in [-0.05, 0) is 56.3 Å². The predicted molar refractivity (Wildman–Crippen MR) is 110 cm³/mol. The summed E-state index contributed by atoms with van der Waals surface area (Å²) < 4.78 is 5.60. The summed E-state index contributed by atoms with van der Waals surface area (Å²) >= 11 is 0. The van der Waals surface area contributed by atoms with Gasteiger partial charge in [0.2, 0.25) is 17.7 Å². The molecule has 28 heavy (non-hydrogen) atoms. The van der Waals surface area contributed by atoms with Crippen molar-refractivity contribution in [2.24, 2.45) is 0 Å². The number of hydrogen-bond acceptors (Lipinski definition) is 4. The highest BCUT2D eigenvalue weighted by molar-refractivity contribution is 6.02. The second kappa shape index (κ2) is 9.55. The predicted octanol–water partition coefficient (Wildman–Crippen LogP) is 3.42. The Morgan fingerprint density at radius 2 is 1.57 bits per heavy atom. The molecular weight excluding hydrogens is 358 g/mol. The van der Waals surface area contributed by atoms with Crippen molar-refractivity contribution in [2.75, 3.05) is 22.1 Å². The van der Waals surface area contributed by atoms with Crippen LogP contribution in [0.2, 0.25) is 0 Å². The van der Waals surface area contributed by atoms with Crippen LogP contribution in [0, 0.1) is 0 Å². The summed E-state index contributed by atoms with van der Waals surface area (Å²) in [7, 11) is 0. The Morgan fingerprint density at radius 3 is 2.11 bits per heavy atom. The zero-order valence-corrected chi connectivity index (χ0v) is 16.5. The molecule has 7 heteroatoms. The second-order valence-corrected chi connectivity index (χ2v) is 6.58. The van der Waals surface area contributed by atoms with Crippen molar-refractivity contribution < 1.29 is 19.1 Å². The van der Waals surface area contributed by atoms with Crippen LogP contribution in [0.25, 0.3) is 0 Å². The Kier molecular flexibility index (Phi) is 7.14. The number of benzene rings is 2. The van der Waals surface area contributed by atoms with E-state index in [0.717, 1.165) is 0 Å². The van der Waals surface area contributed by atoms with Gasteiger partial charge >= 0.3 is 0 Å². The van der Waals surface area contributed by atoms with E-state index in [-0.39, 0.29) is 30.4 Å². The van der Waals surface area contributed by atoms with Gasteiger partial charge in [-0.1, -0.05) is 6.07 Å². The van der Waals surface area contributed by atoms with Gasteiger partial charge < -0.3 is 20.3 Å². The third-order valence-corrected chi connectivity index (χ3v) is 3.67. The first kappa shape index (κ1) is 21.0. The number of carbonyl (C=O) groups is 3. The van der Waals surface area contributed by atoms with Gasteiger partial charge in [-0.3, -0.25) is 14.4 Å². The highest BCUT2D eigenvalue weighted by atomic mass is 16.5. The molecule has 0 unspecified atom stereocenters. The number of rotatable bonds is 7. The van der Waals surface area contributed by atoms with E-state index in [2.05, 4.69) is 10.6 Å². The van der Waals surface area contributed by atoms with E-state index in [4.69, 9.17) is 4.74 Å². The van der Waals surface area contributed by atoms with E-state index in [9.17, 15) is 14.4 Å². The average Bonchev–Trinajstić information content (AvgIpc) is 2.59. The van der Waals surface area contributed by atoms with Crippen LogP contribution >= 0.6 is 0 Å². The molecule has 0 atom stereocenters. The fraction of sp³-hybridized carbons (Fsp3) is 0.286. The maximum atomic E-state index is 12.4. The maximum Gasteiger partial charge on any atom is 0.244 e. The molecule has 0 aliphatic carbocycles. The van der Waals surface area contributed by atoms with Crippen molar-refractivity contribution in [1.29, 1.82) is 0 Å². The molecule has 0 radical (unpaired) electrons. The first-order chi connectivity index (χ1) is 13.2.